The van der Waals surface area contributed by atoms with Crippen molar-refractivity contribution in [2.75, 3.05) is 44.2 Å². The highest BCUT2D eigenvalue weighted by Gasteiger charge is 2.19. The van der Waals surface area contributed by atoms with E-state index >= 15 is 0 Å². The Bertz CT molecular complexity index is 769. The minimum absolute atomic E-state index is 0. The number of piperazine rings is 1. The predicted octanol–water partition coefficient (Wildman–Crippen LogP) is 3.85. The van der Waals surface area contributed by atoms with Crippen molar-refractivity contribution in [1.82, 2.24) is 15.2 Å². The first-order valence-corrected chi connectivity index (χ1v) is 10.3. The molecule has 154 valence electrons. The lowest BCUT2D eigenvalue weighted by Crippen LogP contribution is -2.52. The Balaban J connectivity index is 0.00000280. The molecule has 0 radical (unpaired) electrons. The van der Waals surface area contributed by atoms with E-state index in [1.54, 1.807) is 11.3 Å². The number of nitrogens with zero attached hydrogens (tertiary/aromatic N) is 4. The molecule has 0 bridgehead atoms. The molecule has 1 N–H and O–H groups in total. The van der Waals surface area contributed by atoms with E-state index in [1.807, 2.05) is 12.1 Å². The van der Waals surface area contributed by atoms with Gasteiger partial charge in [-0.3, -0.25) is 4.99 Å². The molecule has 8 heteroatoms. The third-order valence-electron chi connectivity index (χ3n) is 4.71. The summed E-state index contributed by atoms with van der Waals surface area (Å²) in [5.41, 5.74) is 2.21. The molecule has 0 spiro atoms. The number of halogens is 2. The monoisotopic (exact) mass is 517 g/mol. The van der Waals surface area contributed by atoms with Crippen LogP contribution in [0, 0.1) is 19.7 Å². The summed E-state index contributed by atoms with van der Waals surface area (Å²) in [7, 11) is 0. The molecule has 1 aromatic heterocycles. The molecule has 0 amide bonds. The molecule has 5 nitrogen and oxygen atoms in total. The second-order valence-corrected chi connectivity index (χ2v) is 7.97. The molecule has 3 rings (SSSR count). The first-order valence-electron chi connectivity index (χ1n) is 9.53. The highest BCUT2D eigenvalue weighted by Crippen LogP contribution is 2.18. The number of guanidine groups is 1. The molecule has 1 aromatic carbocycles. The van der Waals surface area contributed by atoms with Crippen LogP contribution in [0.3, 0.4) is 0 Å². The largest absolute Gasteiger partial charge is 0.368 e. The van der Waals surface area contributed by atoms with Crippen molar-refractivity contribution >= 4 is 47.0 Å². The first-order chi connectivity index (χ1) is 13.1. The summed E-state index contributed by atoms with van der Waals surface area (Å²) in [6, 6.07) is 6.75. The fourth-order valence-electron chi connectivity index (χ4n) is 3.32. The number of hydrogen-bond acceptors (Lipinski definition) is 4. The number of nitrogens with one attached hydrogen (secondary N) is 1. The fraction of sp³-hybridized carbons (Fsp3) is 0.500. The predicted molar refractivity (Wildman–Crippen MR) is 127 cm³/mol. The van der Waals surface area contributed by atoms with Crippen LogP contribution in [-0.2, 0) is 6.42 Å². The normalized spacial score (nSPS) is 14.8. The van der Waals surface area contributed by atoms with Crippen LogP contribution in [0.2, 0.25) is 0 Å². The second-order valence-electron chi connectivity index (χ2n) is 6.68. The maximum Gasteiger partial charge on any atom is 0.194 e. The molecule has 28 heavy (non-hydrogen) atoms. The molecule has 2 aromatic rings. The van der Waals surface area contributed by atoms with E-state index in [0.717, 1.165) is 68.0 Å². The minimum Gasteiger partial charge on any atom is -0.368 e. The molecule has 1 fully saturated rings. The van der Waals surface area contributed by atoms with Crippen LogP contribution in [0.15, 0.2) is 29.3 Å². The zero-order valence-corrected chi connectivity index (χ0v) is 19.9. The number of aryl methyl sites for hydroxylation is 2. The third kappa shape index (κ3) is 6.04. The summed E-state index contributed by atoms with van der Waals surface area (Å²) in [6.07, 6.45) is 0.932. The lowest BCUT2D eigenvalue weighted by molar-refractivity contribution is 0.372. The summed E-state index contributed by atoms with van der Waals surface area (Å²) >= 11 is 1.77. The number of hydrogen-bond donors (Lipinski definition) is 1. The highest BCUT2D eigenvalue weighted by molar-refractivity contribution is 14.0. The van der Waals surface area contributed by atoms with Crippen molar-refractivity contribution in [1.29, 1.82) is 0 Å². The maximum absolute atomic E-state index is 13.1. The Morgan fingerprint density at radius 1 is 1.18 bits per heavy atom. The number of rotatable bonds is 5. The Hall–Kier alpha value is -1.42. The van der Waals surface area contributed by atoms with Crippen molar-refractivity contribution in [3.05, 3.63) is 45.7 Å². The Morgan fingerprint density at radius 3 is 2.43 bits per heavy atom. The van der Waals surface area contributed by atoms with Crippen molar-refractivity contribution in [2.24, 2.45) is 4.99 Å². The van der Waals surface area contributed by atoms with E-state index in [9.17, 15) is 4.39 Å². The van der Waals surface area contributed by atoms with E-state index in [1.165, 1.54) is 17.0 Å². The topological polar surface area (TPSA) is 43.8 Å². The van der Waals surface area contributed by atoms with Gasteiger partial charge in [0.2, 0.25) is 0 Å². The van der Waals surface area contributed by atoms with Gasteiger partial charge in [-0.15, -0.1) is 35.3 Å². The zero-order valence-electron chi connectivity index (χ0n) is 16.7. The summed E-state index contributed by atoms with van der Waals surface area (Å²) < 4.78 is 13.1. The van der Waals surface area contributed by atoms with Crippen molar-refractivity contribution in [2.45, 2.75) is 27.2 Å². The highest BCUT2D eigenvalue weighted by atomic mass is 127. The van der Waals surface area contributed by atoms with Crippen LogP contribution in [0.25, 0.3) is 0 Å². The quantitative estimate of drug-likeness (QED) is 0.372. The van der Waals surface area contributed by atoms with Gasteiger partial charge in [-0.2, -0.15) is 0 Å². The number of thiazole rings is 1. The summed E-state index contributed by atoms with van der Waals surface area (Å²) in [6.45, 7) is 11.5. The maximum atomic E-state index is 13.1. The van der Waals surface area contributed by atoms with Gasteiger partial charge >= 0.3 is 0 Å². The molecule has 0 aliphatic carbocycles. The average Bonchev–Trinajstić information content (AvgIpc) is 2.99. The lowest BCUT2D eigenvalue weighted by Gasteiger charge is -2.37. The van der Waals surface area contributed by atoms with Crippen LogP contribution in [0.5, 0.6) is 0 Å². The molecule has 0 saturated carbocycles. The second kappa shape index (κ2) is 10.9. The number of aliphatic imine (C=N–C) groups is 1. The Labute approximate surface area is 188 Å². The van der Waals surface area contributed by atoms with Crippen LogP contribution >= 0.6 is 35.3 Å². The van der Waals surface area contributed by atoms with Crippen LogP contribution in [0.1, 0.15) is 22.5 Å². The summed E-state index contributed by atoms with van der Waals surface area (Å²) in [4.78, 5) is 15.3. The van der Waals surface area contributed by atoms with Crippen LogP contribution < -0.4 is 10.2 Å². The van der Waals surface area contributed by atoms with E-state index in [-0.39, 0.29) is 29.8 Å². The van der Waals surface area contributed by atoms with E-state index in [4.69, 9.17) is 4.99 Å². The van der Waals surface area contributed by atoms with Gasteiger partial charge < -0.3 is 15.1 Å². The van der Waals surface area contributed by atoms with Crippen molar-refractivity contribution in [3.63, 3.8) is 0 Å². The van der Waals surface area contributed by atoms with Gasteiger partial charge in [-0.1, -0.05) is 0 Å². The first kappa shape index (κ1) is 22.9. The summed E-state index contributed by atoms with van der Waals surface area (Å²) in [5, 5.41) is 4.54. The summed E-state index contributed by atoms with van der Waals surface area (Å²) in [5.74, 6) is 0.792. The van der Waals surface area contributed by atoms with Crippen molar-refractivity contribution < 1.29 is 4.39 Å². The van der Waals surface area contributed by atoms with E-state index in [0.29, 0.717) is 0 Å². The van der Waals surface area contributed by atoms with Gasteiger partial charge in [-0.25, -0.2) is 9.37 Å². The average molecular weight is 517 g/mol. The van der Waals surface area contributed by atoms with Gasteiger partial charge in [-0.05, 0) is 45.0 Å². The fourth-order valence-corrected chi connectivity index (χ4v) is 4.25. The van der Waals surface area contributed by atoms with Gasteiger partial charge in [0.05, 0.1) is 10.7 Å². The van der Waals surface area contributed by atoms with Gasteiger partial charge in [0.25, 0.3) is 0 Å². The Morgan fingerprint density at radius 2 is 1.86 bits per heavy atom. The minimum atomic E-state index is -0.190. The Kier molecular flexibility index (Phi) is 8.94. The number of benzene rings is 1. The van der Waals surface area contributed by atoms with Gasteiger partial charge in [0.15, 0.2) is 5.96 Å². The molecule has 2 heterocycles. The van der Waals surface area contributed by atoms with Gasteiger partial charge in [0.1, 0.15) is 5.82 Å². The molecule has 1 aliphatic rings. The smallest absolute Gasteiger partial charge is 0.194 e. The lowest BCUT2D eigenvalue weighted by atomic mass is 10.2. The third-order valence-corrected chi connectivity index (χ3v) is 5.84. The van der Waals surface area contributed by atoms with E-state index < -0.39 is 0 Å². The molecule has 1 aliphatic heterocycles. The van der Waals surface area contributed by atoms with Crippen LogP contribution in [0.4, 0.5) is 10.1 Å². The standard InChI is InChI=1S/C20H28FN5S.HI/c1-4-22-20(23-10-9-19-15(2)24-16(3)27-19)26-13-11-25(12-14-26)18-7-5-17(21)6-8-18;/h5-8H,4,9-14H2,1-3H3,(H,22,23);1H. The number of anilines is 1. The van der Waals surface area contributed by atoms with E-state index in [2.05, 4.69) is 40.9 Å². The molecular weight excluding hydrogens is 488 g/mol. The number of aromatic nitrogens is 1. The zero-order chi connectivity index (χ0) is 19.2. The van der Waals surface area contributed by atoms with Crippen molar-refractivity contribution in [3.8, 4) is 0 Å². The molecule has 0 unspecified atom stereocenters. The SMILES string of the molecule is CCNC(=NCCc1sc(C)nc1C)N1CCN(c2ccc(F)cc2)CC1.I. The van der Waals surface area contributed by atoms with Crippen LogP contribution in [-0.4, -0.2) is 55.1 Å². The molecular formula is C20H29FIN5S. The molecule has 0 atom stereocenters. The molecule has 1 saturated heterocycles. The van der Waals surface area contributed by atoms with Gasteiger partial charge in [0, 0.05) is 56.3 Å².